The zero-order valence-electron chi connectivity index (χ0n) is 10.9. The summed E-state index contributed by atoms with van der Waals surface area (Å²) in [6, 6.07) is 6.89. The van der Waals surface area contributed by atoms with Crippen LogP contribution in [0.3, 0.4) is 0 Å². The minimum Gasteiger partial charge on any atom is -0.306 e. The SMILES string of the molecule is CCCc1cc(C(=O)Nc2ncccc2Br)cc(Cl)n1. The van der Waals surface area contributed by atoms with Crippen LogP contribution >= 0.6 is 27.5 Å². The number of nitrogens with zero attached hydrogens (tertiary/aromatic N) is 2. The summed E-state index contributed by atoms with van der Waals surface area (Å²) in [5.74, 6) is 0.216. The van der Waals surface area contributed by atoms with E-state index in [0.29, 0.717) is 16.5 Å². The van der Waals surface area contributed by atoms with E-state index in [1.54, 1.807) is 24.4 Å². The van der Waals surface area contributed by atoms with Gasteiger partial charge in [-0.1, -0.05) is 24.9 Å². The highest BCUT2D eigenvalue weighted by Gasteiger charge is 2.11. The van der Waals surface area contributed by atoms with Gasteiger partial charge >= 0.3 is 0 Å². The first-order valence-corrected chi connectivity index (χ1v) is 7.35. The van der Waals surface area contributed by atoms with Crippen molar-refractivity contribution in [3.05, 3.63) is 51.3 Å². The lowest BCUT2D eigenvalue weighted by Crippen LogP contribution is -2.14. The molecule has 0 bridgehead atoms. The number of nitrogens with one attached hydrogen (secondary N) is 1. The third-order valence-corrected chi connectivity index (χ3v) is 3.44. The molecule has 0 spiro atoms. The third kappa shape index (κ3) is 3.77. The fraction of sp³-hybridized carbons (Fsp3) is 0.214. The second-order valence-corrected chi connectivity index (χ2v) is 5.45. The van der Waals surface area contributed by atoms with E-state index in [4.69, 9.17) is 11.6 Å². The molecule has 0 radical (unpaired) electrons. The topological polar surface area (TPSA) is 54.9 Å². The summed E-state index contributed by atoms with van der Waals surface area (Å²) < 4.78 is 0.724. The van der Waals surface area contributed by atoms with Crippen LogP contribution in [0.5, 0.6) is 0 Å². The van der Waals surface area contributed by atoms with Crippen LogP contribution in [0.4, 0.5) is 5.82 Å². The zero-order chi connectivity index (χ0) is 14.5. The lowest BCUT2D eigenvalue weighted by molar-refractivity contribution is 0.102. The Bertz CT molecular complexity index is 634. The molecule has 2 heterocycles. The van der Waals surface area contributed by atoms with Crippen molar-refractivity contribution in [2.45, 2.75) is 19.8 Å². The molecule has 2 rings (SSSR count). The number of aromatic nitrogens is 2. The van der Waals surface area contributed by atoms with E-state index in [2.05, 4.69) is 31.2 Å². The normalized spacial score (nSPS) is 10.3. The van der Waals surface area contributed by atoms with E-state index >= 15 is 0 Å². The lowest BCUT2D eigenvalue weighted by atomic mass is 10.1. The molecule has 0 fully saturated rings. The maximum absolute atomic E-state index is 12.2. The van der Waals surface area contributed by atoms with E-state index in [1.165, 1.54) is 0 Å². The summed E-state index contributed by atoms with van der Waals surface area (Å²) in [6.45, 7) is 2.05. The molecule has 0 aliphatic heterocycles. The summed E-state index contributed by atoms with van der Waals surface area (Å²) in [5, 5.41) is 3.06. The highest BCUT2D eigenvalue weighted by molar-refractivity contribution is 9.10. The van der Waals surface area contributed by atoms with Crippen molar-refractivity contribution in [2.75, 3.05) is 5.32 Å². The van der Waals surface area contributed by atoms with Gasteiger partial charge in [-0.3, -0.25) is 4.79 Å². The van der Waals surface area contributed by atoms with Gasteiger partial charge < -0.3 is 5.32 Å². The summed E-state index contributed by atoms with van der Waals surface area (Å²) in [5.41, 5.74) is 1.29. The van der Waals surface area contributed by atoms with Gasteiger partial charge in [0.15, 0.2) is 0 Å². The summed E-state index contributed by atoms with van der Waals surface area (Å²) >= 11 is 9.28. The molecule has 0 aromatic carbocycles. The van der Waals surface area contributed by atoms with Gasteiger partial charge in [-0.05, 0) is 46.6 Å². The maximum atomic E-state index is 12.2. The molecule has 4 nitrogen and oxygen atoms in total. The maximum Gasteiger partial charge on any atom is 0.257 e. The van der Waals surface area contributed by atoms with Gasteiger partial charge in [0.05, 0.1) is 4.47 Å². The molecule has 0 aliphatic carbocycles. The number of hydrogen-bond acceptors (Lipinski definition) is 3. The van der Waals surface area contributed by atoms with Gasteiger partial charge in [0.2, 0.25) is 0 Å². The Morgan fingerprint density at radius 1 is 1.45 bits per heavy atom. The molecular formula is C14H13BrClN3O. The van der Waals surface area contributed by atoms with Gasteiger partial charge in [0, 0.05) is 17.5 Å². The number of amides is 1. The average Bonchev–Trinajstić information content (AvgIpc) is 2.41. The van der Waals surface area contributed by atoms with Crippen molar-refractivity contribution in [1.29, 1.82) is 0 Å². The van der Waals surface area contributed by atoms with E-state index in [0.717, 1.165) is 23.0 Å². The number of anilines is 1. The second kappa shape index (κ2) is 6.81. The molecule has 2 aromatic rings. The predicted octanol–water partition coefficient (Wildman–Crippen LogP) is 4.10. The molecule has 0 saturated carbocycles. The Balaban J connectivity index is 2.23. The second-order valence-electron chi connectivity index (χ2n) is 4.21. The van der Waals surface area contributed by atoms with Crippen LogP contribution in [0.25, 0.3) is 0 Å². The number of aryl methyl sites for hydroxylation is 1. The van der Waals surface area contributed by atoms with Gasteiger partial charge in [-0.15, -0.1) is 0 Å². The smallest absolute Gasteiger partial charge is 0.257 e. The van der Waals surface area contributed by atoms with Crippen LogP contribution in [0.1, 0.15) is 29.4 Å². The molecule has 1 N–H and O–H groups in total. The Labute approximate surface area is 130 Å². The molecule has 104 valence electrons. The van der Waals surface area contributed by atoms with E-state index in [1.807, 2.05) is 13.0 Å². The van der Waals surface area contributed by atoms with Crippen molar-refractivity contribution in [3.8, 4) is 0 Å². The van der Waals surface area contributed by atoms with Crippen LogP contribution < -0.4 is 5.32 Å². The number of pyridine rings is 2. The molecule has 0 unspecified atom stereocenters. The molecule has 6 heteroatoms. The van der Waals surface area contributed by atoms with Crippen molar-refractivity contribution in [2.24, 2.45) is 0 Å². The number of carbonyl (C=O) groups excluding carboxylic acids is 1. The average molecular weight is 355 g/mol. The molecule has 1 amide bonds. The van der Waals surface area contributed by atoms with Crippen molar-refractivity contribution in [1.82, 2.24) is 9.97 Å². The molecule has 20 heavy (non-hydrogen) atoms. The molecule has 0 saturated heterocycles. The minimum absolute atomic E-state index is 0.258. The molecule has 2 aromatic heterocycles. The lowest BCUT2D eigenvalue weighted by Gasteiger charge is -2.07. The van der Waals surface area contributed by atoms with Crippen LogP contribution in [-0.2, 0) is 6.42 Å². The number of rotatable bonds is 4. The monoisotopic (exact) mass is 353 g/mol. The van der Waals surface area contributed by atoms with Crippen LogP contribution in [0, 0.1) is 0 Å². The zero-order valence-corrected chi connectivity index (χ0v) is 13.2. The highest BCUT2D eigenvalue weighted by Crippen LogP contribution is 2.20. The summed E-state index contributed by atoms with van der Waals surface area (Å²) in [6.07, 6.45) is 3.34. The first kappa shape index (κ1) is 14.9. The fourth-order valence-corrected chi connectivity index (χ4v) is 2.30. The van der Waals surface area contributed by atoms with Gasteiger partial charge in [0.25, 0.3) is 5.91 Å². The van der Waals surface area contributed by atoms with E-state index in [-0.39, 0.29) is 5.91 Å². The Hall–Kier alpha value is -1.46. The van der Waals surface area contributed by atoms with Crippen molar-refractivity contribution < 1.29 is 4.79 Å². The summed E-state index contributed by atoms with van der Waals surface area (Å²) in [7, 11) is 0. The van der Waals surface area contributed by atoms with Crippen molar-refractivity contribution >= 4 is 39.3 Å². The molecular weight excluding hydrogens is 342 g/mol. The largest absolute Gasteiger partial charge is 0.306 e. The number of hydrogen-bond donors (Lipinski definition) is 1. The van der Waals surface area contributed by atoms with Crippen LogP contribution in [0.15, 0.2) is 34.9 Å². The predicted molar refractivity (Wildman–Crippen MR) is 83.1 cm³/mol. The quantitative estimate of drug-likeness (QED) is 0.841. The Morgan fingerprint density at radius 2 is 2.25 bits per heavy atom. The Morgan fingerprint density at radius 3 is 2.95 bits per heavy atom. The first-order chi connectivity index (χ1) is 9.60. The number of halogens is 2. The van der Waals surface area contributed by atoms with Gasteiger partial charge in [0.1, 0.15) is 11.0 Å². The fourth-order valence-electron chi connectivity index (χ4n) is 1.72. The van der Waals surface area contributed by atoms with Crippen LogP contribution in [0.2, 0.25) is 5.15 Å². The standard InChI is InChI=1S/C14H13BrClN3O/c1-2-4-10-7-9(8-12(16)18-10)14(20)19-13-11(15)5-3-6-17-13/h3,5-8H,2,4H2,1H3,(H,17,19,20). The summed E-state index contributed by atoms with van der Waals surface area (Å²) in [4.78, 5) is 20.5. The highest BCUT2D eigenvalue weighted by atomic mass is 79.9. The van der Waals surface area contributed by atoms with Crippen LogP contribution in [-0.4, -0.2) is 15.9 Å². The van der Waals surface area contributed by atoms with E-state index in [9.17, 15) is 4.79 Å². The van der Waals surface area contributed by atoms with Crippen molar-refractivity contribution in [3.63, 3.8) is 0 Å². The van der Waals surface area contributed by atoms with E-state index < -0.39 is 0 Å². The number of carbonyl (C=O) groups is 1. The molecule has 0 atom stereocenters. The molecule has 0 aliphatic rings. The Kier molecular flexibility index (Phi) is 5.09. The van der Waals surface area contributed by atoms with Gasteiger partial charge in [-0.2, -0.15) is 0 Å². The minimum atomic E-state index is -0.258. The first-order valence-electron chi connectivity index (χ1n) is 6.18. The van der Waals surface area contributed by atoms with Gasteiger partial charge in [-0.25, -0.2) is 9.97 Å². The third-order valence-electron chi connectivity index (χ3n) is 2.61.